The zero-order valence-corrected chi connectivity index (χ0v) is 21.1. The molecule has 4 rings (SSSR count). The molecule has 1 aliphatic heterocycles. The highest BCUT2D eigenvalue weighted by molar-refractivity contribution is 5.79. The number of likely N-dealkylation sites (tertiary alicyclic amines) is 1. The van der Waals surface area contributed by atoms with Crippen LogP contribution < -0.4 is 24.3 Å². The molecular formula is C26H32N4O6. The highest BCUT2D eigenvalue weighted by atomic mass is 16.5. The fourth-order valence-corrected chi connectivity index (χ4v) is 4.41. The molecule has 1 fully saturated rings. The molecule has 10 nitrogen and oxygen atoms in total. The average molecular weight is 497 g/mol. The third kappa shape index (κ3) is 5.71. The fraction of sp³-hybridized carbons (Fsp3) is 0.423. The SMILES string of the molecule is COc1ccc(-c2noc(CN3CCCC(C(=O)NCc4ccc(OC)c(OC)c4OC)C3)n2)cc1. The summed E-state index contributed by atoms with van der Waals surface area (Å²) in [5, 5.41) is 7.15. The second-order valence-electron chi connectivity index (χ2n) is 8.53. The Labute approximate surface area is 210 Å². The first-order chi connectivity index (χ1) is 17.6. The van der Waals surface area contributed by atoms with Gasteiger partial charge in [-0.2, -0.15) is 4.98 Å². The van der Waals surface area contributed by atoms with Crippen LogP contribution in [-0.4, -0.2) is 62.5 Å². The Bertz CT molecular complexity index is 1160. The quantitative estimate of drug-likeness (QED) is 0.452. The molecule has 1 atom stereocenters. The van der Waals surface area contributed by atoms with Crippen molar-refractivity contribution in [3.05, 3.63) is 47.9 Å². The molecule has 10 heteroatoms. The molecule has 1 amide bonds. The first kappa shape index (κ1) is 25.3. The summed E-state index contributed by atoms with van der Waals surface area (Å²) in [6.45, 7) is 2.31. The third-order valence-corrected chi connectivity index (χ3v) is 6.29. The van der Waals surface area contributed by atoms with Gasteiger partial charge in [0.2, 0.25) is 23.4 Å². The van der Waals surface area contributed by atoms with E-state index in [2.05, 4.69) is 20.4 Å². The van der Waals surface area contributed by atoms with Crippen LogP contribution >= 0.6 is 0 Å². The normalized spacial score (nSPS) is 15.8. The number of methoxy groups -OCH3 is 4. The molecule has 36 heavy (non-hydrogen) atoms. The van der Waals surface area contributed by atoms with E-state index in [-0.39, 0.29) is 11.8 Å². The topological polar surface area (TPSA) is 108 Å². The molecule has 0 saturated carbocycles. The molecule has 0 bridgehead atoms. The van der Waals surface area contributed by atoms with E-state index in [1.807, 2.05) is 30.3 Å². The molecule has 1 unspecified atom stereocenters. The van der Waals surface area contributed by atoms with Crippen LogP contribution in [0.3, 0.4) is 0 Å². The van der Waals surface area contributed by atoms with Gasteiger partial charge in [0.1, 0.15) is 5.75 Å². The summed E-state index contributed by atoms with van der Waals surface area (Å²) in [4.78, 5) is 19.7. The van der Waals surface area contributed by atoms with Crippen molar-refractivity contribution in [1.29, 1.82) is 0 Å². The number of aromatic nitrogens is 2. The maximum Gasteiger partial charge on any atom is 0.241 e. The lowest BCUT2D eigenvalue weighted by Gasteiger charge is -2.31. The van der Waals surface area contributed by atoms with E-state index in [1.165, 1.54) is 0 Å². The smallest absolute Gasteiger partial charge is 0.241 e. The Morgan fingerprint density at radius 1 is 1.03 bits per heavy atom. The van der Waals surface area contributed by atoms with Crippen molar-refractivity contribution < 1.29 is 28.3 Å². The summed E-state index contributed by atoms with van der Waals surface area (Å²) in [6, 6.07) is 11.2. The number of ether oxygens (including phenoxy) is 4. The number of rotatable bonds is 10. The molecule has 1 aromatic heterocycles. The molecular weight excluding hydrogens is 464 g/mol. The van der Waals surface area contributed by atoms with Gasteiger partial charge in [-0.3, -0.25) is 9.69 Å². The number of amides is 1. The number of piperidine rings is 1. The number of carbonyl (C=O) groups excluding carboxylic acids is 1. The van der Waals surface area contributed by atoms with E-state index in [4.69, 9.17) is 23.5 Å². The summed E-state index contributed by atoms with van der Waals surface area (Å²) in [6.07, 6.45) is 1.74. The van der Waals surface area contributed by atoms with Gasteiger partial charge in [-0.05, 0) is 55.8 Å². The van der Waals surface area contributed by atoms with Crippen molar-refractivity contribution in [2.45, 2.75) is 25.9 Å². The van der Waals surface area contributed by atoms with Crippen molar-refractivity contribution in [2.24, 2.45) is 5.92 Å². The van der Waals surface area contributed by atoms with Gasteiger partial charge in [-0.15, -0.1) is 0 Å². The number of benzene rings is 2. The van der Waals surface area contributed by atoms with Crippen molar-refractivity contribution >= 4 is 5.91 Å². The van der Waals surface area contributed by atoms with Crippen LogP contribution in [0.15, 0.2) is 40.9 Å². The van der Waals surface area contributed by atoms with Gasteiger partial charge in [-0.1, -0.05) is 5.16 Å². The molecule has 0 aliphatic carbocycles. The van der Waals surface area contributed by atoms with E-state index in [1.54, 1.807) is 34.5 Å². The molecule has 1 aliphatic rings. The predicted octanol–water partition coefficient (Wildman–Crippen LogP) is 3.30. The van der Waals surface area contributed by atoms with E-state index < -0.39 is 0 Å². The summed E-state index contributed by atoms with van der Waals surface area (Å²) >= 11 is 0. The summed E-state index contributed by atoms with van der Waals surface area (Å²) in [5.41, 5.74) is 1.67. The predicted molar refractivity (Wildman–Crippen MR) is 132 cm³/mol. The third-order valence-electron chi connectivity index (χ3n) is 6.29. The zero-order chi connectivity index (χ0) is 25.5. The van der Waals surface area contributed by atoms with Crippen LogP contribution in [0.5, 0.6) is 23.0 Å². The number of nitrogens with one attached hydrogen (secondary N) is 1. The molecule has 192 valence electrons. The van der Waals surface area contributed by atoms with Gasteiger partial charge in [-0.25, -0.2) is 0 Å². The first-order valence-electron chi connectivity index (χ1n) is 11.8. The van der Waals surface area contributed by atoms with Gasteiger partial charge in [0.15, 0.2) is 11.5 Å². The van der Waals surface area contributed by atoms with E-state index in [9.17, 15) is 4.79 Å². The van der Waals surface area contributed by atoms with Crippen molar-refractivity contribution in [2.75, 3.05) is 41.5 Å². The Morgan fingerprint density at radius 2 is 1.81 bits per heavy atom. The molecule has 2 heterocycles. The van der Waals surface area contributed by atoms with Crippen molar-refractivity contribution in [1.82, 2.24) is 20.4 Å². The van der Waals surface area contributed by atoms with Gasteiger partial charge in [0.05, 0.1) is 40.9 Å². The van der Waals surface area contributed by atoms with Crippen LogP contribution in [0.1, 0.15) is 24.3 Å². The lowest BCUT2D eigenvalue weighted by atomic mass is 9.97. The second kappa shape index (κ2) is 11.8. The standard InChI is InChI=1S/C26H32N4O6/c1-32-20-10-7-17(8-11-20)25-28-22(36-29-25)16-30-13-5-6-19(15-30)26(31)27-14-18-9-12-21(33-2)24(35-4)23(18)34-3/h7-12,19H,5-6,13-16H2,1-4H3,(H,27,31). The lowest BCUT2D eigenvalue weighted by molar-refractivity contribution is -0.127. The largest absolute Gasteiger partial charge is 0.497 e. The zero-order valence-electron chi connectivity index (χ0n) is 21.1. The van der Waals surface area contributed by atoms with Crippen molar-refractivity contribution in [3.8, 4) is 34.4 Å². The first-order valence-corrected chi connectivity index (χ1v) is 11.8. The van der Waals surface area contributed by atoms with E-state index in [0.717, 1.165) is 36.3 Å². The summed E-state index contributed by atoms with van der Waals surface area (Å²) in [5.74, 6) is 3.32. The number of hydrogen-bond donors (Lipinski definition) is 1. The number of nitrogens with zero attached hydrogens (tertiary/aromatic N) is 3. The molecule has 3 aromatic rings. The minimum atomic E-state index is -0.131. The highest BCUT2D eigenvalue weighted by Crippen LogP contribution is 2.39. The Hall–Kier alpha value is -3.79. The van der Waals surface area contributed by atoms with E-state index >= 15 is 0 Å². The number of hydrogen-bond acceptors (Lipinski definition) is 9. The monoisotopic (exact) mass is 496 g/mol. The van der Waals surface area contributed by atoms with Crippen LogP contribution in [-0.2, 0) is 17.9 Å². The minimum absolute atomic E-state index is 0.000916. The Balaban J connectivity index is 1.34. The maximum absolute atomic E-state index is 13.0. The molecule has 2 aromatic carbocycles. The summed E-state index contributed by atoms with van der Waals surface area (Å²) in [7, 11) is 6.32. The van der Waals surface area contributed by atoms with Crippen LogP contribution in [0, 0.1) is 5.92 Å². The maximum atomic E-state index is 13.0. The minimum Gasteiger partial charge on any atom is -0.497 e. The second-order valence-corrected chi connectivity index (χ2v) is 8.53. The van der Waals surface area contributed by atoms with Crippen molar-refractivity contribution in [3.63, 3.8) is 0 Å². The van der Waals surface area contributed by atoms with Gasteiger partial charge in [0, 0.05) is 24.2 Å². The number of carbonyl (C=O) groups is 1. The van der Waals surface area contributed by atoms with E-state index in [0.29, 0.717) is 48.6 Å². The van der Waals surface area contributed by atoms with Gasteiger partial charge in [0.25, 0.3) is 0 Å². The van der Waals surface area contributed by atoms with Gasteiger partial charge < -0.3 is 28.8 Å². The van der Waals surface area contributed by atoms with Crippen LogP contribution in [0.25, 0.3) is 11.4 Å². The molecule has 0 radical (unpaired) electrons. The molecule has 0 spiro atoms. The fourth-order valence-electron chi connectivity index (χ4n) is 4.41. The Morgan fingerprint density at radius 3 is 2.50 bits per heavy atom. The lowest BCUT2D eigenvalue weighted by Crippen LogP contribution is -2.42. The Kier molecular flexibility index (Phi) is 8.27. The summed E-state index contributed by atoms with van der Waals surface area (Å²) < 4.78 is 27.0. The molecule has 1 saturated heterocycles. The van der Waals surface area contributed by atoms with Crippen LogP contribution in [0.4, 0.5) is 0 Å². The van der Waals surface area contributed by atoms with Gasteiger partial charge >= 0.3 is 0 Å². The van der Waals surface area contributed by atoms with Crippen LogP contribution in [0.2, 0.25) is 0 Å². The molecule has 1 N–H and O–H groups in total. The highest BCUT2D eigenvalue weighted by Gasteiger charge is 2.27. The average Bonchev–Trinajstić information content (AvgIpc) is 3.39.